The number of hydrogen-bond donors (Lipinski definition) is 4. The van der Waals surface area contributed by atoms with Gasteiger partial charge in [0.15, 0.2) is 0 Å². The monoisotopic (exact) mass is 333 g/mol. The predicted molar refractivity (Wildman–Crippen MR) is 93.9 cm³/mol. The number of rotatable bonds is 5. The molecule has 0 saturated carbocycles. The highest BCUT2D eigenvalue weighted by atomic mass is 32.2. The fraction of sp³-hybridized carbons (Fsp3) is 0.438. The number of fused-ring (bicyclic) bond motifs is 1. The van der Waals surface area contributed by atoms with Crippen molar-refractivity contribution >= 4 is 17.7 Å². The number of carbonyl (C=O) groups excluding carboxylic acids is 1. The Morgan fingerprint density at radius 2 is 2.04 bits per heavy atom. The van der Waals surface area contributed by atoms with Gasteiger partial charge in [0.25, 0.3) is 5.91 Å². The van der Waals surface area contributed by atoms with Gasteiger partial charge in [0.05, 0.1) is 11.3 Å². The molecule has 2 atom stereocenters. The lowest BCUT2D eigenvalue weighted by Crippen LogP contribution is -2.41. The molecule has 0 spiro atoms. The molecule has 0 saturated heterocycles. The molecule has 2 unspecified atom stereocenters. The van der Waals surface area contributed by atoms with E-state index in [1.165, 1.54) is 0 Å². The summed E-state index contributed by atoms with van der Waals surface area (Å²) < 4.78 is 0. The molecule has 0 aromatic heterocycles. The summed E-state index contributed by atoms with van der Waals surface area (Å²) >= 11 is 1.79. The van der Waals surface area contributed by atoms with E-state index < -0.39 is 0 Å². The topological polar surface area (TPSA) is 68.4 Å². The van der Waals surface area contributed by atoms with Gasteiger partial charge in [0.1, 0.15) is 11.7 Å². The fourth-order valence-electron chi connectivity index (χ4n) is 2.89. The van der Waals surface area contributed by atoms with E-state index in [0.717, 1.165) is 29.9 Å². The van der Waals surface area contributed by atoms with Gasteiger partial charge in [-0.25, -0.2) is 0 Å². The normalized spacial score (nSPS) is 25.4. The number of amides is 1. The number of allylic oxidation sites excluding steroid dienone is 1. The summed E-state index contributed by atoms with van der Waals surface area (Å²) in [4.78, 5) is 14.2. The molecular formula is C16H23N5OS. The molecule has 0 fully saturated rings. The van der Waals surface area contributed by atoms with Gasteiger partial charge in [0, 0.05) is 30.6 Å². The van der Waals surface area contributed by atoms with Gasteiger partial charge < -0.3 is 21.3 Å². The van der Waals surface area contributed by atoms with E-state index in [1.54, 1.807) is 25.0 Å². The summed E-state index contributed by atoms with van der Waals surface area (Å²) in [5, 5.41) is 14.9. The molecule has 7 heteroatoms. The lowest BCUT2D eigenvalue weighted by Gasteiger charge is -2.27. The van der Waals surface area contributed by atoms with E-state index in [1.807, 2.05) is 12.3 Å². The fourth-order valence-corrected chi connectivity index (χ4v) is 4.02. The van der Waals surface area contributed by atoms with Crippen molar-refractivity contribution in [2.24, 2.45) is 0 Å². The maximum Gasteiger partial charge on any atom is 0.252 e. The van der Waals surface area contributed by atoms with Gasteiger partial charge >= 0.3 is 0 Å². The van der Waals surface area contributed by atoms with Crippen molar-refractivity contribution in [2.45, 2.75) is 25.5 Å². The Kier molecular flexibility index (Phi) is 4.68. The van der Waals surface area contributed by atoms with Crippen LogP contribution < -0.4 is 21.3 Å². The van der Waals surface area contributed by atoms with Crippen molar-refractivity contribution in [3.05, 3.63) is 46.3 Å². The summed E-state index contributed by atoms with van der Waals surface area (Å²) in [6.45, 7) is 6.36. The zero-order chi connectivity index (χ0) is 16.4. The average molecular weight is 333 g/mol. The van der Waals surface area contributed by atoms with Gasteiger partial charge in [-0.05, 0) is 24.6 Å². The molecule has 1 amide bonds. The first-order valence-corrected chi connectivity index (χ1v) is 8.85. The van der Waals surface area contributed by atoms with Crippen LogP contribution in [-0.2, 0) is 4.79 Å². The van der Waals surface area contributed by atoms with Gasteiger partial charge in [-0.3, -0.25) is 9.69 Å². The second-order valence-corrected chi connectivity index (χ2v) is 6.44. The quantitative estimate of drug-likeness (QED) is 0.596. The van der Waals surface area contributed by atoms with Crippen LogP contribution in [0.4, 0.5) is 0 Å². The molecule has 0 radical (unpaired) electrons. The molecule has 0 aromatic rings. The summed E-state index contributed by atoms with van der Waals surface area (Å²) in [5.41, 5.74) is 4.21. The number of carbonyl (C=O) groups is 1. The molecule has 3 heterocycles. The van der Waals surface area contributed by atoms with Crippen LogP contribution in [0.15, 0.2) is 46.3 Å². The van der Waals surface area contributed by atoms with E-state index in [0.29, 0.717) is 5.57 Å². The number of thioether (sulfide) groups is 1. The minimum Gasteiger partial charge on any atom is -0.367 e. The lowest BCUT2D eigenvalue weighted by molar-refractivity contribution is -0.116. The molecule has 3 rings (SSSR count). The molecular weight excluding hydrogens is 310 g/mol. The minimum atomic E-state index is -0.0848. The third-order valence-corrected chi connectivity index (χ3v) is 5.30. The standard InChI is InChI=1S/C16H23N5OS/c1-4-21(5-2)16-20-13(9-23-16)12-8-19-14-11(12)6-10(7-18-14)15(22)17-3/h6-9,14,16,18-20H,4-5H2,1-3H3,(H,17,22). The smallest absolute Gasteiger partial charge is 0.252 e. The molecule has 3 aliphatic heterocycles. The first-order valence-electron chi connectivity index (χ1n) is 7.91. The van der Waals surface area contributed by atoms with Gasteiger partial charge in [-0.15, -0.1) is 0 Å². The van der Waals surface area contributed by atoms with E-state index in [2.05, 4.69) is 45.4 Å². The number of nitrogens with zero attached hydrogens (tertiary/aromatic N) is 1. The van der Waals surface area contributed by atoms with E-state index in [9.17, 15) is 4.79 Å². The molecule has 4 N–H and O–H groups in total. The molecule has 6 nitrogen and oxygen atoms in total. The van der Waals surface area contributed by atoms with Gasteiger partial charge in [-0.2, -0.15) is 0 Å². The number of likely N-dealkylation sites (N-methyl/N-ethyl adjacent to an activating group) is 1. The van der Waals surface area contributed by atoms with E-state index >= 15 is 0 Å². The molecule has 3 aliphatic rings. The number of nitrogens with one attached hydrogen (secondary N) is 4. The first-order chi connectivity index (χ1) is 11.2. The zero-order valence-electron chi connectivity index (χ0n) is 13.6. The average Bonchev–Trinajstić information content (AvgIpc) is 3.21. The Balaban J connectivity index is 1.76. The highest BCUT2D eigenvalue weighted by Gasteiger charge is 2.31. The van der Waals surface area contributed by atoms with Crippen molar-refractivity contribution in [3.63, 3.8) is 0 Å². The second kappa shape index (κ2) is 6.72. The van der Waals surface area contributed by atoms with Crippen molar-refractivity contribution in [2.75, 3.05) is 20.1 Å². The maximum atomic E-state index is 11.9. The zero-order valence-corrected chi connectivity index (χ0v) is 14.5. The van der Waals surface area contributed by atoms with Crippen LogP contribution >= 0.6 is 11.8 Å². The van der Waals surface area contributed by atoms with Crippen LogP contribution in [0.1, 0.15) is 13.8 Å². The van der Waals surface area contributed by atoms with Crippen molar-refractivity contribution in [1.29, 1.82) is 0 Å². The maximum absolute atomic E-state index is 11.9. The van der Waals surface area contributed by atoms with Crippen LogP contribution in [-0.4, -0.2) is 42.6 Å². The Hall–Kier alpha value is -1.86. The predicted octanol–water partition coefficient (Wildman–Crippen LogP) is 0.762. The van der Waals surface area contributed by atoms with Crippen LogP contribution in [0.2, 0.25) is 0 Å². The first kappa shape index (κ1) is 16.0. The van der Waals surface area contributed by atoms with Crippen LogP contribution in [0.3, 0.4) is 0 Å². The van der Waals surface area contributed by atoms with E-state index in [-0.39, 0.29) is 17.6 Å². The third-order valence-electron chi connectivity index (χ3n) is 4.25. The number of dihydropyridines is 1. The molecule has 124 valence electrons. The van der Waals surface area contributed by atoms with Crippen LogP contribution in [0.25, 0.3) is 0 Å². The lowest BCUT2D eigenvalue weighted by atomic mass is 9.99. The number of hydrogen-bond acceptors (Lipinski definition) is 6. The summed E-state index contributed by atoms with van der Waals surface area (Å²) in [6.07, 6.45) is 5.73. The molecule has 0 bridgehead atoms. The summed E-state index contributed by atoms with van der Waals surface area (Å²) in [6, 6.07) is 0. The van der Waals surface area contributed by atoms with E-state index in [4.69, 9.17) is 0 Å². The molecule has 23 heavy (non-hydrogen) atoms. The highest BCUT2D eigenvalue weighted by molar-refractivity contribution is 8.02. The van der Waals surface area contributed by atoms with Crippen LogP contribution in [0, 0.1) is 0 Å². The molecule has 0 aromatic carbocycles. The van der Waals surface area contributed by atoms with Gasteiger partial charge in [-0.1, -0.05) is 25.6 Å². The summed E-state index contributed by atoms with van der Waals surface area (Å²) in [7, 11) is 1.64. The Bertz CT molecular complexity index is 618. The van der Waals surface area contributed by atoms with Crippen molar-refractivity contribution < 1.29 is 4.79 Å². The minimum absolute atomic E-state index is 0.0265. The molecule has 0 aliphatic carbocycles. The van der Waals surface area contributed by atoms with Gasteiger partial charge in [0.2, 0.25) is 0 Å². The third kappa shape index (κ3) is 2.98. The second-order valence-electron chi connectivity index (χ2n) is 5.49. The van der Waals surface area contributed by atoms with Crippen molar-refractivity contribution in [1.82, 2.24) is 26.2 Å². The Morgan fingerprint density at radius 3 is 2.74 bits per heavy atom. The van der Waals surface area contributed by atoms with Crippen LogP contribution in [0.5, 0.6) is 0 Å². The highest BCUT2D eigenvalue weighted by Crippen LogP contribution is 2.34. The Morgan fingerprint density at radius 1 is 1.30 bits per heavy atom. The SMILES string of the molecule is CCN(CC)C1NC(C2=CNC3NC=C(C(=O)NC)C=C23)=CS1. The Labute approximate surface area is 141 Å². The summed E-state index contributed by atoms with van der Waals surface area (Å²) in [5.74, 6) is -0.0848. The van der Waals surface area contributed by atoms with Crippen molar-refractivity contribution in [3.8, 4) is 0 Å². The largest absolute Gasteiger partial charge is 0.367 e.